The number of nitriles is 1. The van der Waals surface area contributed by atoms with Gasteiger partial charge in [-0.15, -0.1) is 0 Å². The predicted octanol–water partition coefficient (Wildman–Crippen LogP) is 2.17. The van der Waals surface area contributed by atoms with Crippen molar-refractivity contribution in [2.24, 2.45) is 5.41 Å². The molecule has 0 spiro atoms. The van der Waals surface area contributed by atoms with E-state index in [1.54, 1.807) is 6.92 Å². The molecule has 0 fully saturated rings. The zero-order valence-electron chi connectivity index (χ0n) is 9.39. The van der Waals surface area contributed by atoms with Gasteiger partial charge in [0.2, 0.25) is 0 Å². The van der Waals surface area contributed by atoms with Crippen LogP contribution in [-0.2, 0) is 9.59 Å². The van der Waals surface area contributed by atoms with Crippen LogP contribution in [0, 0.1) is 16.7 Å². The number of hydrogen-bond donors (Lipinski definition) is 0. The molecular formula is C12H15NO2. The maximum absolute atomic E-state index is 11.9. The monoisotopic (exact) mass is 205 g/mol. The average molecular weight is 205 g/mol. The number of nitrogens with zero attached hydrogens (tertiary/aromatic N) is 1. The maximum Gasteiger partial charge on any atom is 0.187 e. The van der Waals surface area contributed by atoms with E-state index in [1.165, 1.54) is 6.92 Å². The topological polar surface area (TPSA) is 57.9 Å². The van der Waals surface area contributed by atoms with Gasteiger partial charge in [-0.2, -0.15) is 5.26 Å². The molecule has 0 heterocycles. The molecule has 1 aliphatic carbocycles. The van der Waals surface area contributed by atoms with Crippen molar-refractivity contribution in [3.63, 3.8) is 0 Å². The standard InChI is InChI=1S/C12H15NO2/c1-4-5-6-9-8(2)10(14)12(3,7-13)11(9)15/h4-6H2,1-3H3/t12-/m1/s1. The average Bonchev–Trinajstić information content (AvgIpc) is 2.40. The van der Waals surface area contributed by atoms with Gasteiger partial charge in [-0.1, -0.05) is 13.3 Å². The highest BCUT2D eigenvalue weighted by Crippen LogP contribution is 2.36. The molecule has 0 N–H and O–H groups in total. The van der Waals surface area contributed by atoms with E-state index in [-0.39, 0.29) is 11.6 Å². The van der Waals surface area contributed by atoms with Crippen molar-refractivity contribution >= 4 is 11.6 Å². The highest BCUT2D eigenvalue weighted by Gasteiger charge is 2.49. The van der Waals surface area contributed by atoms with E-state index >= 15 is 0 Å². The molecule has 0 radical (unpaired) electrons. The second-order valence-corrected chi connectivity index (χ2v) is 4.10. The van der Waals surface area contributed by atoms with Crippen LogP contribution in [-0.4, -0.2) is 11.6 Å². The van der Waals surface area contributed by atoms with Gasteiger partial charge < -0.3 is 0 Å². The van der Waals surface area contributed by atoms with Crippen molar-refractivity contribution in [2.45, 2.75) is 40.0 Å². The lowest BCUT2D eigenvalue weighted by Gasteiger charge is -2.10. The molecule has 1 atom stereocenters. The van der Waals surface area contributed by atoms with Crippen LogP contribution in [0.3, 0.4) is 0 Å². The number of unbranched alkanes of at least 4 members (excludes halogenated alkanes) is 1. The van der Waals surface area contributed by atoms with Crippen LogP contribution < -0.4 is 0 Å². The van der Waals surface area contributed by atoms with Crippen molar-refractivity contribution in [1.82, 2.24) is 0 Å². The molecule has 0 aliphatic heterocycles. The van der Waals surface area contributed by atoms with Gasteiger partial charge in [0, 0.05) is 11.1 Å². The number of Topliss-reactive ketones (excluding diaryl/α,β-unsaturated/α-hetero) is 2. The van der Waals surface area contributed by atoms with Gasteiger partial charge in [0.15, 0.2) is 17.0 Å². The van der Waals surface area contributed by atoms with Gasteiger partial charge in [0.05, 0.1) is 6.07 Å². The largest absolute Gasteiger partial charge is 0.292 e. The minimum atomic E-state index is -1.45. The van der Waals surface area contributed by atoms with Crippen molar-refractivity contribution in [2.75, 3.05) is 0 Å². The van der Waals surface area contributed by atoms with Crippen LogP contribution in [0.25, 0.3) is 0 Å². The summed E-state index contributed by atoms with van der Waals surface area (Å²) in [6.07, 6.45) is 2.47. The Morgan fingerprint density at radius 1 is 1.33 bits per heavy atom. The van der Waals surface area contributed by atoms with Crippen LogP contribution in [0.15, 0.2) is 11.1 Å². The Hall–Kier alpha value is -1.43. The normalized spacial score (nSPS) is 26.0. The predicted molar refractivity (Wildman–Crippen MR) is 56.0 cm³/mol. The lowest BCUT2D eigenvalue weighted by Crippen LogP contribution is -2.29. The van der Waals surface area contributed by atoms with Crippen LogP contribution in [0.5, 0.6) is 0 Å². The van der Waals surface area contributed by atoms with Crippen LogP contribution in [0.1, 0.15) is 40.0 Å². The van der Waals surface area contributed by atoms with Gasteiger partial charge in [-0.3, -0.25) is 9.59 Å². The molecule has 0 saturated heterocycles. The number of rotatable bonds is 3. The molecule has 0 aromatic heterocycles. The van der Waals surface area contributed by atoms with E-state index in [4.69, 9.17) is 5.26 Å². The Balaban J connectivity index is 3.05. The molecule has 0 aromatic carbocycles. The number of ketones is 2. The van der Waals surface area contributed by atoms with Crippen molar-refractivity contribution < 1.29 is 9.59 Å². The molecule has 3 nitrogen and oxygen atoms in total. The summed E-state index contributed by atoms with van der Waals surface area (Å²) in [6.45, 7) is 5.09. The fourth-order valence-corrected chi connectivity index (χ4v) is 1.84. The van der Waals surface area contributed by atoms with Crippen molar-refractivity contribution in [3.05, 3.63) is 11.1 Å². The van der Waals surface area contributed by atoms with E-state index in [9.17, 15) is 9.59 Å². The zero-order valence-corrected chi connectivity index (χ0v) is 9.39. The second-order valence-electron chi connectivity index (χ2n) is 4.10. The van der Waals surface area contributed by atoms with Gasteiger partial charge in [-0.25, -0.2) is 0 Å². The summed E-state index contributed by atoms with van der Waals surface area (Å²) >= 11 is 0. The molecule has 1 aliphatic rings. The van der Waals surface area contributed by atoms with Gasteiger partial charge >= 0.3 is 0 Å². The minimum absolute atomic E-state index is 0.291. The first kappa shape index (κ1) is 11.6. The zero-order chi connectivity index (χ0) is 11.6. The molecule has 0 aromatic rings. The lowest BCUT2D eigenvalue weighted by molar-refractivity contribution is -0.129. The summed E-state index contributed by atoms with van der Waals surface area (Å²) in [7, 11) is 0. The fraction of sp³-hybridized carbons (Fsp3) is 0.583. The number of carbonyl (C=O) groups excluding carboxylic acids is 2. The Labute approximate surface area is 89.8 Å². The van der Waals surface area contributed by atoms with E-state index in [1.807, 2.05) is 13.0 Å². The first-order chi connectivity index (χ1) is 6.99. The van der Waals surface area contributed by atoms with Crippen molar-refractivity contribution in [1.29, 1.82) is 5.26 Å². The molecule has 0 saturated carbocycles. The Morgan fingerprint density at radius 2 is 1.93 bits per heavy atom. The summed E-state index contributed by atoms with van der Waals surface area (Å²) < 4.78 is 0. The van der Waals surface area contributed by atoms with Gasteiger partial charge in [0.25, 0.3) is 0 Å². The maximum atomic E-state index is 11.9. The number of hydrogen-bond acceptors (Lipinski definition) is 3. The van der Waals surface area contributed by atoms with E-state index in [2.05, 4.69) is 0 Å². The van der Waals surface area contributed by atoms with E-state index in [0.29, 0.717) is 17.6 Å². The summed E-state index contributed by atoms with van der Waals surface area (Å²) in [5, 5.41) is 8.91. The molecule has 0 amide bonds. The SMILES string of the molecule is CCCCC1=C(C)C(=O)[C@@](C)(C#N)C1=O. The third-order valence-electron chi connectivity index (χ3n) is 2.98. The molecule has 1 rings (SSSR count). The third-order valence-corrected chi connectivity index (χ3v) is 2.98. The molecule has 0 bridgehead atoms. The fourth-order valence-electron chi connectivity index (χ4n) is 1.84. The lowest BCUT2D eigenvalue weighted by atomic mass is 9.85. The second kappa shape index (κ2) is 3.98. The van der Waals surface area contributed by atoms with Crippen LogP contribution >= 0.6 is 0 Å². The molecule has 3 heteroatoms. The molecule has 15 heavy (non-hydrogen) atoms. The Kier molecular flexibility index (Phi) is 3.09. The Bertz CT molecular complexity index is 387. The van der Waals surface area contributed by atoms with Gasteiger partial charge in [-0.05, 0) is 26.7 Å². The summed E-state index contributed by atoms with van der Waals surface area (Å²) in [4.78, 5) is 23.6. The number of allylic oxidation sites excluding steroid dienone is 2. The van der Waals surface area contributed by atoms with Crippen LogP contribution in [0.4, 0.5) is 0 Å². The molecular weight excluding hydrogens is 190 g/mol. The van der Waals surface area contributed by atoms with Gasteiger partial charge in [0.1, 0.15) is 0 Å². The third kappa shape index (κ3) is 1.61. The molecule has 80 valence electrons. The van der Waals surface area contributed by atoms with Crippen LogP contribution in [0.2, 0.25) is 0 Å². The van der Waals surface area contributed by atoms with E-state index < -0.39 is 5.41 Å². The quantitative estimate of drug-likeness (QED) is 0.663. The minimum Gasteiger partial charge on any atom is -0.292 e. The van der Waals surface area contributed by atoms with Crippen molar-refractivity contribution in [3.8, 4) is 6.07 Å². The highest BCUT2D eigenvalue weighted by molar-refractivity contribution is 6.29. The Morgan fingerprint density at radius 3 is 2.33 bits per heavy atom. The van der Waals surface area contributed by atoms with E-state index in [0.717, 1.165) is 12.8 Å². The summed E-state index contributed by atoms with van der Waals surface area (Å²) in [5.41, 5.74) is -0.406. The summed E-state index contributed by atoms with van der Waals surface area (Å²) in [6, 6.07) is 1.84. The first-order valence-electron chi connectivity index (χ1n) is 5.19. The highest BCUT2D eigenvalue weighted by atomic mass is 16.2. The number of carbonyl (C=O) groups is 2. The smallest absolute Gasteiger partial charge is 0.187 e. The summed E-state index contributed by atoms with van der Waals surface area (Å²) in [5.74, 6) is -0.609. The molecule has 0 unspecified atom stereocenters. The first-order valence-corrected chi connectivity index (χ1v) is 5.19.